The summed E-state index contributed by atoms with van der Waals surface area (Å²) in [7, 11) is 4.25. The van der Waals surface area contributed by atoms with Crippen LogP contribution in [0.25, 0.3) is 10.2 Å². The Labute approximate surface area is 158 Å². The van der Waals surface area contributed by atoms with E-state index < -0.39 is 0 Å². The summed E-state index contributed by atoms with van der Waals surface area (Å²) in [6.45, 7) is 3.25. The minimum absolute atomic E-state index is 0.165. The average Bonchev–Trinajstić information content (AvgIpc) is 3.20. The summed E-state index contributed by atoms with van der Waals surface area (Å²) < 4.78 is 0. The number of carbonyl (C=O) groups excluding carboxylic acids is 1. The van der Waals surface area contributed by atoms with Gasteiger partial charge in [-0.25, -0.2) is 9.97 Å². The summed E-state index contributed by atoms with van der Waals surface area (Å²) in [5, 5.41) is 4.77. The normalized spacial score (nSPS) is 22.8. The molecule has 4 rings (SSSR count). The highest BCUT2D eigenvalue weighted by atomic mass is 32.1. The molecule has 0 saturated carbocycles. The second kappa shape index (κ2) is 7.12. The molecule has 1 N–H and O–H groups in total. The summed E-state index contributed by atoms with van der Waals surface area (Å²) in [5.74, 6) is 1.10. The Kier molecular flexibility index (Phi) is 4.84. The van der Waals surface area contributed by atoms with Crippen molar-refractivity contribution in [3.05, 3.63) is 16.8 Å². The van der Waals surface area contributed by atoms with Gasteiger partial charge >= 0.3 is 0 Å². The first kappa shape index (κ1) is 17.7. The molecule has 0 bridgehead atoms. The van der Waals surface area contributed by atoms with Gasteiger partial charge in [-0.3, -0.25) is 4.79 Å². The SMILES string of the molecule is CC(=O)N1CC[C@@H](N(C)C)C[C@H]1CNc1ncnc2sc3c(c12)CCC3. The number of nitrogens with one attached hydrogen (secondary N) is 1. The Morgan fingerprint density at radius 3 is 3.00 bits per heavy atom. The first-order valence-corrected chi connectivity index (χ1v) is 10.3. The maximum Gasteiger partial charge on any atom is 0.219 e. The lowest BCUT2D eigenvalue weighted by Gasteiger charge is -2.41. The van der Waals surface area contributed by atoms with E-state index in [4.69, 9.17) is 0 Å². The Bertz CT molecular complexity index is 818. The van der Waals surface area contributed by atoms with Crippen molar-refractivity contribution in [1.29, 1.82) is 0 Å². The Hall–Kier alpha value is -1.73. The third-order valence-corrected chi connectivity index (χ3v) is 7.03. The van der Waals surface area contributed by atoms with Crippen LogP contribution in [0.1, 0.15) is 36.6 Å². The number of anilines is 1. The van der Waals surface area contributed by atoms with Crippen molar-refractivity contribution in [2.24, 2.45) is 0 Å². The molecule has 0 unspecified atom stereocenters. The molecule has 1 fully saturated rings. The molecule has 3 heterocycles. The highest BCUT2D eigenvalue weighted by Crippen LogP contribution is 2.39. The first-order chi connectivity index (χ1) is 12.5. The van der Waals surface area contributed by atoms with Gasteiger partial charge in [-0.05, 0) is 51.8 Å². The standard InChI is InChI=1S/C19H27N5OS/c1-12(25)24-8-7-13(23(2)3)9-14(24)10-20-18-17-15-5-4-6-16(15)26-19(17)22-11-21-18/h11,13-14H,4-10H2,1-3H3,(H,20,21,22)/t13-,14+/m1/s1. The lowest BCUT2D eigenvalue weighted by atomic mass is 9.96. The van der Waals surface area contributed by atoms with E-state index in [0.29, 0.717) is 6.04 Å². The number of aromatic nitrogens is 2. The molecule has 2 atom stereocenters. The first-order valence-electron chi connectivity index (χ1n) is 9.47. The average molecular weight is 374 g/mol. The molecule has 1 saturated heterocycles. The van der Waals surface area contributed by atoms with Gasteiger partial charge in [0.15, 0.2) is 0 Å². The third kappa shape index (κ3) is 3.18. The molecule has 26 heavy (non-hydrogen) atoms. The van der Waals surface area contributed by atoms with Crippen molar-refractivity contribution >= 4 is 33.3 Å². The van der Waals surface area contributed by atoms with Crippen LogP contribution in [0.3, 0.4) is 0 Å². The summed E-state index contributed by atoms with van der Waals surface area (Å²) in [5.41, 5.74) is 1.44. The Balaban J connectivity index is 1.55. The van der Waals surface area contributed by atoms with E-state index in [1.807, 2.05) is 16.2 Å². The van der Waals surface area contributed by atoms with Crippen LogP contribution < -0.4 is 5.32 Å². The molecule has 1 amide bonds. The van der Waals surface area contributed by atoms with E-state index in [2.05, 4.69) is 34.3 Å². The van der Waals surface area contributed by atoms with Crippen LogP contribution >= 0.6 is 11.3 Å². The molecule has 140 valence electrons. The minimum atomic E-state index is 0.165. The van der Waals surface area contributed by atoms with E-state index in [1.165, 1.54) is 28.7 Å². The van der Waals surface area contributed by atoms with Crippen LogP contribution in [0.2, 0.25) is 0 Å². The van der Waals surface area contributed by atoms with Crippen LogP contribution in [0, 0.1) is 0 Å². The number of nitrogens with zero attached hydrogens (tertiary/aromatic N) is 4. The highest BCUT2D eigenvalue weighted by molar-refractivity contribution is 7.19. The molecule has 0 spiro atoms. The van der Waals surface area contributed by atoms with Gasteiger partial charge in [0, 0.05) is 30.9 Å². The smallest absolute Gasteiger partial charge is 0.219 e. The van der Waals surface area contributed by atoms with Crippen molar-refractivity contribution in [2.75, 3.05) is 32.5 Å². The predicted octanol–water partition coefficient (Wildman–Crippen LogP) is 2.53. The van der Waals surface area contributed by atoms with Crippen LogP contribution in [-0.4, -0.2) is 64.9 Å². The Morgan fingerprint density at radius 1 is 1.38 bits per heavy atom. The van der Waals surface area contributed by atoms with Crippen molar-refractivity contribution in [3.63, 3.8) is 0 Å². The summed E-state index contributed by atoms with van der Waals surface area (Å²) in [6, 6.07) is 0.721. The fourth-order valence-corrected chi connectivity index (χ4v) is 5.61. The van der Waals surface area contributed by atoms with Crippen LogP contribution in [-0.2, 0) is 17.6 Å². The Morgan fingerprint density at radius 2 is 2.23 bits per heavy atom. The lowest BCUT2D eigenvalue weighted by Crippen LogP contribution is -2.52. The van der Waals surface area contributed by atoms with Crippen LogP contribution in [0.15, 0.2) is 6.33 Å². The van der Waals surface area contributed by atoms with E-state index in [0.717, 1.165) is 43.0 Å². The largest absolute Gasteiger partial charge is 0.367 e. The number of piperidine rings is 1. The van der Waals surface area contributed by atoms with Gasteiger partial charge in [0.1, 0.15) is 17.0 Å². The highest BCUT2D eigenvalue weighted by Gasteiger charge is 2.31. The second-order valence-corrected chi connectivity index (χ2v) is 8.73. The van der Waals surface area contributed by atoms with Crippen molar-refractivity contribution in [1.82, 2.24) is 19.8 Å². The maximum atomic E-state index is 12.1. The van der Waals surface area contributed by atoms with Gasteiger partial charge in [0.05, 0.1) is 11.4 Å². The van der Waals surface area contributed by atoms with Gasteiger partial charge in [0.2, 0.25) is 5.91 Å². The molecular weight excluding hydrogens is 346 g/mol. The predicted molar refractivity (Wildman–Crippen MR) is 106 cm³/mol. The molecule has 1 aliphatic carbocycles. The summed E-state index contributed by atoms with van der Waals surface area (Å²) >= 11 is 1.81. The molecule has 0 aromatic carbocycles. The number of hydrogen-bond donors (Lipinski definition) is 1. The van der Waals surface area contributed by atoms with E-state index >= 15 is 0 Å². The van der Waals surface area contributed by atoms with E-state index in [9.17, 15) is 4.79 Å². The van der Waals surface area contributed by atoms with E-state index in [-0.39, 0.29) is 11.9 Å². The number of thiophene rings is 1. The van der Waals surface area contributed by atoms with Gasteiger partial charge in [-0.2, -0.15) is 0 Å². The maximum absolute atomic E-state index is 12.1. The fourth-order valence-electron chi connectivity index (χ4n) is 4.38. The van der Waals surface area contributed by atoms with Crippen molar-refractivity contribution < 1.29 is 4.79 Å². The van der Waals surface area contributed by atoms with Gasteiger partial charge < -0.3 is 15.1 Å². The van der Waals surface area contributed by atoms with Crippen molar-refractivity contribution in [2.45, 2.75) is 51.1 Å². The molecule has 0 radical (unpaired) electrons. The zero-order valence-corrected chi connectivity index (χ0v) is 16.6. The number of fused-ring (bicyclic) bond motifs is 3. The van der Waals surface area contributed by atoms with E-state index in [1.54, 1.807) is 13.3 Å². The van der Waals surface area contributed by atoms with Crippen LogP contribution in [0.5, 0.6) is 0 Å². The minimum Gasteiger partial charge on any atom is -0.367 e. The molecule has 6 nitrogen and oxygen atoms in total. The van der Waals surface area contributed by atoms with Crippen LogP contribution in [0.4, 0.5) is 5.82 Å². The van der Waals surface area contributed by atoms with Gasteiger partial charge in [-0.1, -0.05) is 0 Å². The molecule has 7 heteroatoms. The molecule has 2 aromatic heterocycles. The number of carbonyl (C=O) groups is 1. The molecule has 2 aliphatic rings. The fraction of sp³-hybridized carbons (Fsp3) is 0.632. The second-order valence-electron chi connectivity index (χ2n) is 7.65. The summed E-state index contributed by atoms with van der Waals surface area (Å²) in [6.07, 6.45) is 7.22. The number of hydrogen-bond acceptors (Lipinski definition) is 6. The lowest BCUT2D eigenvalue weighted by molar-refractivity contribution is -0.132. The number of aryl methyl sites for hydroxylation is 2. The molecule has 1 aliphatic heterocycles. The number of rotatable bonds is 4. The van der Waals surface area contributed by atoms with Gasteiger partial charge in [0.25, 0.3) is 0 Å². The zero-order chi connectivity index (χ0) is 18.3. The zero-order valence-electron chi connectivity index (χ0n) is 15.8. The number of amides is 1. The summed E-state index contributed by atoms with van der Waals surface area (Å²) in [4.78, 5) is 27.9. The third-order valence-electron chi connectivity index (χ3n) is 5.83. The topological polar surface area (TPSA) is 61.4 Å². The monoisotopic (exact) mass is 373 g/mol. The molecule has 2 aromatic rings. The molecular formula is C19H27N5OS. The number of likely N-dealkylation sites (tertiary alicyclic amines) is 1. The quantitative estimate of drug-likeness (QED) is 0.892. The van der Waals surface area contributed by atoms with Crippen molar-refractivity contribution in [3.8, 4) is 0 Å². The van der Waals surface area contributed by atoms with Gasteiger partial charge in [-0.15, -0.1) is 11.3 Å².